The number of carbonyl (C=O) groups is 3. The first kappa shape index (κ1) is 64.2. The predicted octanol–water partition coefficient (Wildman–Crippen LogP) is 13.0. The number of allylic oxidation sites excluding steroid dienone is 3. The van der Waals surface area contributed by atoms with Gasteiger partial charge >= 0.3 is 17.9 Å². The molecule has 6 aromatic rings. The number of rotatable bonds is 11. The van der Waals surface area contributed by atoms with Gasteiger partial charge in [-0.25, -0.2) is 55.1 Å². The van der Waals surface area contributed by atoms with Gasteiger partial charge in [0.15, 0.2) is 29.1 Å². The SMILES string of the molecule is C.CCOC(=O)C1=C(C)NC(c2ncc(F)cc2F)=NC1c1ccc(Br)cc1F.CCOC(=O)C1=C(C)NC(c2ncc(F)cc2F)=NC1c1ccc(Cl)cc1F.COC(=O)C1=C(C)NC(c2ncccc2Cl)=N[C@H]1c1ccc(F)cc1Cl. The molecule has 3 atom stereocenters. The molecule has 83 heavy (non-hydrogen) atoms. The van der Waals surface area contributed by atoms with Crippen molar-refractivity contribution in [2.24, 2.45) is 15.0 Å². The predicted molar refractivity (Wildman–Crippen MR) is 302 cm³/mol. The molecule has 3 aliphatic rings. The van der Waals surface area contributed by atoms with Gasteiger partial charge in [-0.15, -0.1) is 0 Å². The van der Waals surface area contributed by atoms with Crippen molar-refractivity contribution < 1.29 is 59.3 Å². The number of aliphatic imine (C=N–C) groups is 3. The van der Waals surface area contributed by atoms with E-state index in [0.717, 1.165) is 18.5 Å². The molecule has 2 unspecified atom stereocenters. The average molecular weight is 1270 g/mol. The number of hydrogen-bond donors (Lipinski definition) is 3. The molecule has 0 amide bonds. The van der Waals surface area contributed by atoms with E-state index in [1.54, 1.807) is 59.0 Å². The molecule has 6 heterocycles. The Hall–Kier alpha value is -7.99. The van der Waals surface area contributed by atoms with Gasteiger partial charge in [-0.1, -0.05) is 76.4 Å². The summed E-state index contributed by atoms with van der Waals surface area (Å²) < 4.78 is 113. The van der Waals surface area contributed by atoms with Crippen LogP contribution in [-0.4, -0.2) is 70.7 Å². The van der Waals surface area contributed by atoms with E-state index in [9.17, 15) is 45.1 Å². The third-order valence-electron chi connectivity index (χ3n) is 11.9. The molecule has 0 spiro atoms. The second-order valence-corrected chi connectivity index (χ2v) is 19.5. The summed E-state index contributed by atoms with van der Waals surface area (Å²) in [6.07, 6.45) is 3.26. The molecule has 0 fully saturated rings. The van der Waals surface area contributed by atoms with E-state index in [1.165, 1.54) is 49.6 Å². The lowest BCUT2D eigenvalue weighted by atomic mass is 9.95. The molecule has 3 aromatic carbocycles. The first-order valence-corrected chi connectivity index (χ1v) is 26.2. The van der Waals surface area contributed by atoms with Crippen molar-refractivity contribution >= 4 is 86.1 Å². The highest BCUT2D eigenvalue weighted by molar-refractivity contribution is 9.10. The molecule has 3 aromatic heterocycles. The number of methoxy groups -OCH3 is 1. The maximum Gasteiger partial charge on any atom is 0.338 e. The number of amidine groups is 3. The number of esters is 3. The summed E-state index contributed by atoms with van der Waals surface area (Å²) in [6, 6.07) is 13.9. The fourth-order valence-corrected chi connectivity index (χ4v) is 9.27. The normalized spacial score (nSPS) is 16.4. The average Bonchev–Trinajstić information content (AvgIpc) is 3.58. The standard InChI is InChI=1S/C19H15BrF3N3O2.C19H15ClF3N3O2.C18H14Cl2FN3O2.CH4/c2*1-3-28-19(27)15-9(2)25-18(17-14(23)7-11(21)8-24-17)26-16(15)12-5-4-10(20)6-13(12)22;1-9-14(18(25)26-2)15(11-6-5-10(21)8-13(11)20)24-17(23-9)16-12(19)4-3-7-22-16;/h2*4-8,16H,3H2,1-2H3,(H,25,26);3-8,15H,1-2H3,(H,23,24);1H4/t;;15-;/m..0./s1. The molecule has 3 aliphatic heterocycles. The molecule has 0 bridgehead atoms. The van der Waals surface area contributed by atoms with Crippen molar-refractivity contribution in [3.63, 3.8) is 0 Å². The number of pyridine rings is 3. The third kappa shape index (κ3) is 15.0. The summed E-state index contributed by atoms with van der Waals surface area (Å²) in [5.41, 5.74) is 2.10. The van der Waals surface area contributed by atoms with Gasteiger partial charge in [-0.05, 0) is 83.1 Å². The Morgan fingerprint density at radius 3 is 1.41 bits per heavy atom. The molecule has 3 N–H and O–H groups in total. The highest BCUT2D eigenvalue weighted by atomic mass is 79.9. The highest BCUT2D eigenvalue weighted by Crippen LogP contribution is 2.39. The maximum absolute atomic E-state index is 14.6. The van der Waals surface area contributed by atoms with Crippen LogP contribution in [0.5, 0.6) is 0 Å². The van der Waals surface area contributed by atoms with Gasteiger partial charge in [0.25, 0.3) is 0 Å². The lowest BCUT2D eigenvalue weighted by molar-refractivity contribution is -0.139. The van der Waals surface area contributed by atoms with Crippen LogP contribution in [0, 0.1) is 40.7 Å². The summed E-state index contributed by atoms with van der Waals surface area (Å²) >= 11 is 21.4. The molecule has 0 saturated carbocycles. The van der Waals surface area contributed by atoms with Crippen LogP contribution >= 0.6 is 50.7 Å². The van der Waals surface area contributed by atoms with Crippen LogP contribution < -0.4 is 16.0 Å². The van der Waals surface area contributed by atoms with E-state index in [-0.39, 0.29) is 87.3 Å². The summed E-state index contributed by atoms with van der Waals surface area (Å²) in [7, 11) is 1.28. The largest absolute Gasteiger partial charge is 0.466 e. The summed E-state index contributed by atoms with van der Waals surface area (Å²) in [6.45, 7) is 8.32. The van der Waals surface area contributed by atoms with Crippen molar-refractivity contribution in [3.05, 3.63) is 225 Å². The number of halogens is 11. The van der Waals surface area contributed by atoms with Crippen LogP contribution in [0.2, 0.25) is 15.1 Å². The Labute approximate surface area is 494 Å². The smallest absolute Gasteiger partial charge is 0.338 e. The molecular formula is C57H48BrCl3F7N9O6. The first-order valence-electron chi connectivity index (χ1n) is 24.2. The number of nitrogens with one attached hydrogen (secondary N) is 3. The molecule has 434 valence electrons. The summed E-state index contributed by atoms with van der Waals surface area (Å²) in [5, 5.41) is 9.31. The Morgan fingerprint density at radius 1 is 0.530 bits per heavy atom. The van der Waals surface area contributed by atoms with Crippen LogP contribution in [0.4, 0.5) is 30.7 Å². The molecular weight excluding hydrogens is 1230 g/mol. The first-order chi connectivity index (χ1) is 39.0. The fraction of sp³-hybridized carbons (Fsp3) is 0.211. The number of ether oxygens (including phenoxy) is 3. The van der Waals surface area contributed by atoms with Crippen LogP contribution in [-0.2, 0) is 28.6 Å². The van der Waals surface area contributed by atoms with E-state index >= 15 is 0 Å². The van der Waals surface area contributed by atoms with Crippen molar-refractivity contribution in [1.29, 1.82) is 0 Å². The van der Waals surface area contributed by atoms with E-state index in [1.807, 2.05) is 0 Å². The van der Waals surface area contributed by atoms with Gasteiger partial charge < -0.3 is 30.2 Å². The summed E-state index contributed by atoms with van der Waals surface area (Å²) in [4.78, 5) is 62.0. The van der Waals surface area contributed by atoms with Crippen LogP contribution in [0.1, 0.15) is 93.9 Å². The zero-order valence-electron chi connectivity index (χ0n) is 43.7. The number of benzene rings is 3. The Balaban J connectivity index is 0.000000199. The third-order valence-corrected chi connectivity index (χ3v) is 13.3. The number of carbonyl (C=O) groups excluding carboxylic acids is 3. The quantitative estimate of drug-likeness (QED) is 0.0633. The minimum Gasteiger partial charge on any atom is -0.466 e. The zero-order valence-corrected chi connectivity index (χ0v) is 47.5. The minimum absolute atomic E-state index is 0. The fourth-order valence-electron chi connectivity index (χ4n) is 8.29. The van der Waals surface area contributed by atoms with Gasteiger partial charge in [0, 0.05) is 66.6 Å². The Bertz CT molecular complexity index is 3560. The van der Waals surface area contributed by atoms with E-state index in [4.69, 9.17) is 49.0 Å². The molecule has 0 radical (unpaired) electrons. The lowest BCUT2D eigenvalue weighted by Crippen LogP contribution is -2.34. The van der Waals surface area contributed by atoms with Gasteiger partial charge in [0.05, 0.1) is 54.5 Å². The number of hydrogen-bond acceptors (Lipinski definition) is 15. The maximum atomic E-state index is 14.6. The zero-order chi connectivity index (χ0) is 59.7. The summed E-state index contributed by atoms with van der Waals surface area (Å²) in [5.74, 6) is -7.01. The molecule has 15 nitrogen and oxygen atoms in total. The lowest BCUT2D eigenvalue weighted by Gasteiger charge is -2.26. The van der Waals surface area contributed by atoms with E-state index in [0.29, 0.717) is 50.1 Å². The van der Waals surface area contributed by atoms with Gasteiger partial charge in [0.2, 0.25) is 0 Å². The Morgan fingerprint density at radius 2 is 0.976 bits per heavy atom. The second kappa shape index (κ2) is 28.3. The van der Waals surface area contributed by atoms with Crippen LogP contribution in [0.3, 0.4) is 0 Å². The topological polar surface area (TPSA) is 191 Å². The number of nitrogens with zero attached hydrogens (tertiary/aromatic N) is 6. The molecule has 0 saturated heterocycles. The molecule has 9 rings (SSSR count). The minimum atomic E-state index is -1.13. The second-order valence-electron chi connectivity index (χ2n) is 17.4. The van der Waals surface area contributed by atoms with Crippen molar-refractivity contribution in [2.75, 3.05) is 20.3 Å². The van der Waals surface area contributed by atoms with Crippen molar-refractivity contribution in [3.8, 4) is 0 Å². The molecule has 26 heteroatoms. The van der Waals surface area contributed by atoms with Crippen molar-refractivity contribution in [2.45, 2.75) is 60.2 Å². The van der Waals surface area contributed by atoms with Gasteiger partial charge in [-0.2, -0.15) is 0 Å². The molecule has 0 aliphatic carbocycles. The monoisotopic (exact) mass is 1270 g/mol. The van der Waals surface area contributed by atoms with Gasteiger partial charge in [-0.3, -0.25) is 20.0 Å². The van der Waals surface area contributed by atoms with Gasteiger partial charge in [0.1, 0.15) is 64.3 Å². The Kier molecular flexibility index (Phi) is 21.9. The van der Waals surface area contributed by atoms with E-state index < -0.39 is 76.8 Å². The van der Waals surface area contributed by atoms with E-state index in [2.05, 4.69) is 61.8 Å². The van der Waals surface area contributed by atoms with Crippen LogP contribution in [0.15, 0.2) is 151 Å². The van der Waals surface area contributed by atoms with Crippen LogP contribution in [0.25, 0.3) is 0 Å². The number of aromatic nitrogens is 3. The van der Waals surface area contributed by atoms with Crippen molar-refractivity contribution in [1.82, 2.24) is 30.9 Å². The highest BCUT2D eigenvalue weighted by Gasteiger charge is 2.36.